The van der Waals surface area contributed by atoms with Gasteiger partial charge >= 0.3 is 0 Å². The van der Waals surface area contributed by atoms with Gasteiger partial charge in [0.05, 0.1) is 5.22 Å². The largest absolute Gasteiger partial charge is 0.205 e. The van der Waals surface area contributed by atoms with Gasteiger partial charge in [-0.05, 0) is 16.4 Å². The van der Waals surface area contributed by atoms with Gasteiger partial charge in [-0.2, -0.15) is 5.11 Å². The van der Waals surface area contributed by atoms with Crippen molar-refractivity contribution in [3.63, 3.8) is 0 Å². The third-order valence-electron chi connectivity index (χ3n) is 0.675. The van der Waals surface area contributed by atoms with Gasteiger partial charge in [-0.15, -0.1) is 0 Å². The Morgan fingerprint density at radius 3 is 3.14 bits per heavy atom. The SMILES string of the molecule is CSN1C[NH+]=NN1. The topological polar surface area (TPSA) is 41.6 Å². The van der Waals surface area contributed by atoms with E-state index in [2.05, 4.69) is 15.9 Å². The molecule has 0 aromatic heterocycles. The average molecular weight is 119 g/mol. The number of nitrogens with zero attached hydrogens (tertiary/aromatic N) is 2. The summed E-state index contributed by atoms with van der Waals surface area (Å²) in [4.78, 5) is 0. The summed E-state index contributed by atoms with van der Waals surface area (Å²) in [5.74, 6) is 0. The second-order valence-electron chi connectivity index (χ2n) is 1.09. The van der Waals surface area contributed by atoms with Crippen molar-refractivity contribution < 1.29 is 5.11 Å². The maximum Gasteiger partial charge on any atom is 0.205 e. The maximum absolute atomic E-state index is 3.64. The molecule has 2 N–H and O–H groups in total. The lowest BCUT2D eigenvalue weighted by Gasteiger charge is -1.96. The molecule has 0 spiro atoms. The van der Waals surface area contributed by atoms with Crippen molar-refractivity contribution in [3.05, 3.63) is 0 Å². The molecule has 0 aliphatic carbocycles. The van der Waals surface area contributed by atoms with Crippen molar-refractivity contribution in [3.8, 4) is 0 Å². The Kier molecular flexibility index (Phi) is 1.48. The van der Waals surface area contributed by atoms with Crippen LogP contribution in [-0.2, 0) is 0 Å². The Bertz CT molecular complexity index is 73.8. The first kappa shape index (κ1) is 4.86. The molecule has 0 atom stereocenters. The molecule has 4 nitrogen and oxygen atoms in total. The molecule has 1 heterocycles. The normalized spacial score (nSPS) is 20.1. The second kappa shape index (κ2) is 2.13. The smallest absolute Gasteiger partial charge is 0.162 e. The highest BCUT2D eigenvalue weighted by molar-refractivity contribution is 7.96. The summed E-state index contributed by atoms with van der Waals surface area (Å²) in [7, 11) is 0. The predicted molar refractivity (Wildman–Crippen MR) is 26.7 cm³/mol. The molecule has 1 aliphatic rings. The number of hydrogen-bond acceptors (Lipinski definition) is 4. The van der Waals surface area contributed by atoms with Crippen LogP contribution in [0.1, 0.15) is 0 Å². The van der Waals surface area contributed by atoms with Crippen molar-refractivity contribution in [1.29, 1.82) is 0 Å². The highest BCUT2D eigenvalue weighted by Gasteiger charge is 2.10. The van der Waals surface area contributed by atoms with Crippen LogP contribution in [-0.4, -0.2) is 17.3 Å². The van der Waals surface area contributed by atoms with Gasteiger partial charge in [-0.1, -0.05) is 5.53 Å². The Morgan fingerprint density at radius 1 is 2.00 bits per heavy atom. The highest BCUT2D eigenvalue weighted by Crippen LogP contribution is 1.95. The van der Waals surface area contributed by atoms with E-state index in [1.165, 1.54) is 0 Å². The molecule has 0 aromatic carbocycles. The van der Waals surface area contributed by atoms with E-state index in [0.717, 1.165) is 6.67 Å². The van der Waals surface area contributed by atoms with Crippen LogP contribution in [0, 0.1) is 0 Å². The lowest BCUT2D eigenvalue weighted by Crippen LogP contribution is -2.64. The van der Waals surface area contributed by atoms with E-state index in [0.29, 0.717) is 0 Å². The number of hydrogen-bond donors (Lipinski definition) is 2. The van der Waals surface area contributed by atoms with E-state index in [-0.39, 0.29) is 0 Å². The van der Waals surface area contributed by atoms with E-state index in [9.17, 15) is 0 Å². The van der Waals surface area contributed by atoms with Gasteiger partial charge in [0, 0.05) is 6.26 Å². The summed E-state index contributed by atoms with van der Waals surface area (Å²) >= 11 is 1.60. The van der Waals surface area contributed by atoms with E-state index in [1.807, 2.05) is 10.7 Å². The number of nitrogens with one attached hydrogen (secondary N) is 2. The number of hydrazine groups is 1. The van der Waals surface area contributed by atoms with Crippen LogP contribution in [0.15, 0.2) is 5.22 Å². The van der Waals surface area contributed by atoms with Gasteiger partial charge in [0.1, 0.15) is 0 Å². The Labute approximate surface area is 46.1 Å². The van der Waals surface area contributed by atoms with Gasteiger partial charge < -0.3 is 0 Å². The third kappa shape index (κ3) is 1.04. The quantitative estimate of drug-likeness (QED) is 0.412. The Balaban J connectivity index is 2.22. The molecular weight excluding hydrogens is 112 g/mol. The molecule has 0 unspecified atom stereocenters. The molecule has 0 saturated heterocycles. The van der Waals surface area contributed by atoms with E-state index < -0.39 is 0 Å². The summed E-state index contributed by atoms with van der Waals surface area (Å²) < 4.78 is 1.88. The van der Waals surface area contributed by atoms with Crippen LogP contribution in [0.3, 0.4) is 0 Å². The molecule has 0 saturated carbocycles. The van der Waals surface area contributed by atoms with Crippen molar-refractivity contribution in [1.82, 2.24) is 9.95 Å². The van der Waals surface area contributed by atoms with Crippen LogP contribution >= 0.6 is 11.9 Å². The summed E-state index contributed by atoms with van der Waals surface area (Å²) in [5, 5.41) is 6.38. The first-order chi connectivity index (χ1) is 3.43. The minimum absolute atomic E-state index is 0.779. The molecule has 1 rings (SSSR count). The average Bonchev–Trinajstić information content (AvgIpc) is 2.14. The van der Waals surface area contributed by atoms with Crippen LogP contribution in [0.4, 0.5) is 0 Å². The van der Waals surface area contributed by atoms with Gasteiger partial charge in [-0.3, -0.25) is 0 Å². The summed E-state index contributed by atoms with van der Waals surface area (Å²) in [6.45, 7) is 0.779. The first-order valence-corrected chi connectivity index (χ1v) is 3.11. The van der Waals surface area contributed by atoms with Crippen LogP contribution < -0.4 is 10.6 Å². The second-order valence-corrected chi connectivity index (χ2v) is 1.90. The Hall–Kier alpha value is -0.290. The number of rotatable bonds is 1. The summed E-state index contributed by atoms with van der Waals surface area (Å²) in [6, 6.07) is 0. The van der Waals surface area contributed by atoms with E-state index in [4.69, 9.17) is 0 Å². The van der Waals surface area contributed by atoms with E-state index in [1.54, 1.807) is 11.9 Å². The molecule has 40 valence electrons. The molecule has 1 aliphatic heterocycles. The highest BCUT2D eigenvalue weighted by atomic mass is 32.2. The zero-order valence-electron chi connectivity index (χ0n) is 4.01. The maximum atomic E-state index is 3.64. The van der Waals surface area contributed by atoms with Gasteiger partial charge in [0.25, 0.3) is 0 Å². The third-order valence-corrected chi connectivity index (χ3v) is 1.33. The molecule has 5 heteroatoms. The monoisotopic (exact) mass is 119 g/mol. The van der Waals surface area contributed by atoms with Crippen molar-refractivity contribution >= 4 is 11.9 Å². The fraction of sp³-hybridized carbons (Fsp3) is 1.00. The summed E-state index contributed by atoms with van der Waals surface area (Å²) in [6.07, 6.45) is 1.98. The first-order valence-electron chi connectivity index (χ1n) is 1.93. The molecule has 0 fully saturated rings. The zero-order chi connectivity index (χ0) is 5.11. The fourth-order valence-electron chi connectivity index (χ4n) is 0.331. The zero-order valence-corrected chi connectivity index (χ0v) is 4.83. The minimum Gasteiger partial charge on any atom is -0.162 e. The van der Waals surface area contributed by atoms with Crippen molar-refractivity contribution in [2.24, 2.45) is 5.22 Å². The molecule has 0 aromatic rings. The molecule has 7 heavy (non-hydrogen) atoms. The van der Waals surface area contributed by atoms with Crippen molar-refractivity contribution in [2.75, 3.05) is 12.9 Å². The summed E-state index contributed by atoms with van der Waals surface area (Å²) in [5.41, 5.74) is 2.72. The van der Waals surface area contributed by atoms with E-state index >= 15 is 0 Å². The molecule has 0 radical (unpaired) electrons. The Morgan fingerprint density at radius 2 is 2.86 bits per heavy atom. The standard InChI is InChI=1S/C2H6N4S/c1-7-6-2-3-4-5-6/h2H2,1H3,(H,3,5)/p+1. The fourth-order valence-corrected chi connectivity index (χ4v) is 0.641. The van der Waals surface area contributed by atoms with Crippen LogP contribution in [0.25, 0.3) is 0 Å². The molecule has 0 bridgehead atoms. The lowest BCUT2D eigenvalue weighted by atomic mass is 11.2. The minimum atomic E-state index is 0.779. The molecule has 0 amide bonds. The van der Waals surface area contributed by atoms with Crippen LogP contribution in [0.2, 0.25) is 0 Å². The van der Waals surface area contributed by atoms with Gasteiger partial charge in [-0.25, -0.2) is 0 Å². The molecular formula is C2H7N4S+. The van der Waals surface area contributed by atoms with Gasteiger partial charge in [0.2, 0.25) is 6.67 Å². The predicted octanol–water partition coefficient (Wildman–Crippen LogP) is -1.51. The van der Waals surface area contributed by atoms with Gasteiger partial charge in [0.15, 0.2) is 0 Å². The van der Waals surface area contributed by atoms with Crippen LogP contribution in [0.5, 0.6) is 0 Å². The van der Waals surface area contributed by atoms with Crippen molar-refractivity contribution in [2.45, 2.75) is 0 Å². The lowest BCUT2D eigenvalue weighted by molar-refractivity contribution is -0.526.